The highest BCUT2D eigenvalue weighted by Gasteiger charge is 2.29. The Hall–Kier alpha value is -3.98. The van der Waals surface area contributed by atoms with E-state index in [1.807, 2.05) is 0 Å². The van der Waals surface area contributed by atoms with Crippen LogP contribution >= 0.6 is 23.8 Å². The number of rotatable bonds is 2. The van der Waals surface area contributed by atoms with Gasteiger partial charge in [0.25, 0.3) is 5.56 Å². The highest BCUT2D eigenvalue weighted by molar-refractivity contribution is 7.80. The molecule has 0 saturated carbocycles. The van der Waals surface area contributed by atoms with Crippen molar-refractivity contribution in [2.24, 2.45) is 4.99 Å². The molecular weight excluding hydrogens is 434 g/mol. The number of fused-ring (bicyclic) bond motifs is 1. The molecule has 0 saturated heterocycles. The average molecular weight is 446 g/mol. The monoisotopic (exact) mass is 445 g/mol. The predicted octanol–water partition coefficient (Wildman–Crippen LogP) is 1.99. The zero-order valence-electron chi connectivity index (χ0n) is 15.7. The van der Waals surface area contributed by atoms with Crippen molar-refractivity contribution in [1.29, 1.82) is 10.5 Å². The number of nitrogens with zero attached hydrogens (tertiary/aromatic N) is 4. The molecule has 2 N–H and O–H groups in total. The van der Waals surface area contributed by atoms with Gasteiger partial charge in [-0.1, -0.05) is 41.9 Å². The first-order chi connectivity index (χ1) is 15.0. The van der Waals surface area contributed by atoms with Crippen molar-refractivity contribution < 1.29 is 5.11 Å². The lowest BCUT2D eigenvalue weighted by Crippen LogP contribution is -2.52. The van der Waals surface area contributed by atoms with Crippen molar-refractivity contribution in [3.8, 4) is 23.7 Å². The minimum atomic E-state index is -0.746. The van der Waals surface area contributed by atoms with Gasteiger partial charge in [-0.2, -0.15) is 10.5 Å². The lowest BCUT2D eigenvalue weighted by atomic mass is 9.96. The summed E-state index contributed by atoms with van der Waals surface area (Å²) in [5, 5.41) is 33.6. The van der Waals surface area contributed by atoms with Crippen molar-refractivity contribution in [2.45, 2.75) is 6.04 Å². The fourth-order valence-corrected chi connectivity index (χ4v) is 3.80. The second-order valence-electron chi connectivity index (χ2n) is 6.58. The second-order valence-corrected chi connectivity index (χ2v) is 7.40. The van der Waals surface area contributed by atoms with Gasteiger partial charge in [-0.25, -0.2) is 9.56 Å². The molecule has 0 spiro atoms. The molecule has 9 heteroatoms. The van der Waals surface area contributed by atoms with E-state index in [1.165, 1.54) is 0 Å². The van der Waals surface area contributed by atoms with Crippen LogP contribution in [-0.2, 0) is 0 Å². The lowest BCUT2D eigenvalue weighted by molar-refractivity contribution is 0.419. The fourth-order valence-electron chi connectivity index (χ4n) is 3.47. The van der Waals surface area contributed by atoms with E-state index >= 15 is 0 Å². The van der Waals surface area contributed by atoms with Gasteiger partial charge in [0.05, 0.1) is 27.9 Å². The minimum absolute atomic E-state index is 0.00326. The van der Waals surface area contributed by atoms with Crippen molar-refractivity contribution in [3.05, 3.63) is 91.7 Å². The Labute approximate surface area is 186 Å². The molecule has 150 valence electrons. The summed E-state index contributed by atoms with van der Waals surface area (Å²) in [6.45, 7) is 0. The number of nitriles is 2. The summed E-state index contributed by atoms with van der Waals surface area (Å²) in [6.07, 6.45) is 0. The number of benzene rings is 2. The van der Waals surface area contributed by atoms with Crippen molar-refractivity contribution in [2.75, 3.05) is 0 Å². The summed E-state index contributed by atoms with van der Waals surface area (Å²) in [6, 6.07) is 18.1. The third kappa shape index (κ3) is 3.44. The smallest absolute Gasteiger partial charge is 0.269 e. The maximum absolute atomic E-state index is 13.4. The van der Waals surface area contributed by atoms with Gasteiger partial charge in [-0.05, 0) is 42.0 Å². The van der Waals surface area contributed by atoms with E-state index < -0.39 is 17.2 Å². The van der Waals surface area contributed by atoms with Gasteiger partial charge >= 0.3 is 0 Å². The number of para-hydroxylation sites is 1. The molecule has 1 unspecified atom stereocenters. The summed E-state index contributed by atoms with van der Waals surface area (Å²) in [5.41, 5.74) is 0.112. The molecule has 3 aromatic rings. The van der Waals surface area contributed by atoms with Gasteiger partial charge in [-0.3, -0.25) is 4.79 Å². The molecule has 31 heavy (non-hydrogen) atoms. The SMILES string of the molecule is N#CC(C#N)=c1c2c(c(O)n(-c3ccccc3)c1=O)C(c1ccc(Cl)cc1)NC(=S)N=2. The highest BCUT2D eigenvalue weighted by Crippen LogP contribution is 2.29. The fraction of sp³-hybridized carbons (Fsp3) is 0.0455. The topological polar surface area (TPSA) is 114 Å². The first-order valence-corrected chi connectivity index (χ1v) is 9.77. The average Bonchev–Trinajstić information content (AvgIpc) is 2.77. The van der Waals surface area contributed by atoms with Crippen LogP contribution in [0, 0.1) is 22.7 Å². The number of aromatic hydroxyl groups is 1. The van der Waals surface area contributed by atoms with Crippen LogP contribution in [0.4, 0.5) is 0 Å². The largest absolute Gasteiger partial charge is 0.494 e. The molecule has 0 fully saturated rings. The molecule has 4 rings (SSSR count). The number of aromatic nitrogens is 1. The number of nitrogens with one attached hydrogen (secondary N) is 1. The summed E-state index contributed by atoms with van der Waals surface area (Å²) in [7, 11) is 0. The molecule has 1 aliphatic rings. The second kappa shape index (κ2) is 8.04. The molecule has 0 amide bonds. The maximum Gasteiger partial charge on any atom is 0.269 e. The highest BCUT2D eigenvalue weighted by atomic mass is 35.5. The predicted molar refractivity (Wildman–Crippen MR) is 118 cm³/mol. The normalized spacial score (nSPS) is 14.4. The Bertz CT molecular complexity index is 1470. The van der Waals surface area contributed by atoms with Gasteiger partial charge in [-0.15, -0.1) is 0 Å². The van der Waals surface area contributed by atoms with Crippen LogP contribution in [0.1, 0.15) is 17.2 Å². The Morgan fingerprint density at radius 3 is 2.39 bits per heavy atom. The Morgan fingerprint density at radius 2 is 1.77 bits per heavy atom. The van der Waals surface area contributed by atoms with Gasteiger partial charge in [0.1, 0.15) is 17.7 Å². The molecule has 7 nitrogen and oxygen atoms in total. The summed E-state index contributed by atoms with van der Waals surface area (Å²) in [5.74, 6) is -0.371. The van der Waals surface area contributed by atoms with Crippen LogP contribution in [-0.4, -0.2) is 14.8 Å². The van der Waals surface area contributed by atoms with Crippen LogP contribution in [0.15, 0.2) is 64.4 Å². The zero-order valence-corrected chi connectivity index (χ0v) is 17.3. The van der Waals surface area contributed by atoms with Gasteiger partial charge in [0.2, 0.25) is 5.88 Å². The number of thiocarbonyl (C=S) groups is 1. The third-order valence-electron chi connectivity index (χ3n) is 4.82. The van der Waals surface area contributed by atoms with Gasteiger partial charge < -0.3 is 10.4 Å². The summed E-state index contributed by atoms with van der Waals surface area (Å²) in [4.78, 5) is 17.6. The molecule has 1 atom stereocenters. The van der Waals surface area contributed by atoms with Crippen molar-refractivity contribution in [1.82, 2.24) is 9.88 Å². The van der Waals surface area contributed by atoms with Crippen molar-refractivity contribution >= 4 is 34.5 Å². The maximum atomic E-state index is 13.4. The van der Waals surface area contributed by atoms with E-state index in [9.17, 15) is 20.4 Å². The quantitative estimate of drug-likeness (QED) is 0.583. The van der Waals surface area contributed by atoms with E-state index in [4.69, 9.17) is 23.8 Å². The molecule has 0 bridgehead atoms. The van der Waals surface area contributed by atoms with Crippen molar-refractivity contribution in [3.63, 3.8) is 0 Å². The standard InChI is InChI=1S/C22H12ClN5O2S/c23-14-8-6-12(7-9-14)18-17-19(27-22(31)26-18)16(13(10-24)11-25)20(29)28(21(17)30)15-4-2-1-3-5-15/h1-9,18,30H,(H,26,31). The Balaban J connectivity index is 2.23. The van der Waals surface area contributed by atoms with E-state index in [-0.39, 0.29) is 27.1 Å². The van der Waals surface area contributed by atoms with E-state index in [1.54, 1.807) is 66.7 Å². The zero-order chi connectivity index (χ0) is 22.1. The van der Waals surface area contributed by atoms with E-state index in [0.29, 0.717) is 16.3 Å². The number of hydrogen-bond acceptors (Lipinski definition) is 5. The first-order valence-electron chi connectivity index (χ1n) is 8.98. The van der Waals surface area contributed by atoms with Gasteiger partial charge in [0.15, 0.2) is 5.11 Å². The van der Waals surface area contributed by atoms with Crippen LogP contribution < -0.4 is 21.5 Å². The number of hydrogen-bond donors (Lipinski definition) is 2. The molecule has 0 radical (unpaired) electrons. The molecule has 1 aromatic heterocycles. The Morgan fingerprint density at radius 1 is 1.13 bits per heavy atom. The molecule has 1 aliphatic heterocycles. The summed E-state index contributed by atoms with van der Waals surface area (Å²) >= 11 is 11.3. The Kier molecular flexibility index (Phi) is 5.26. The molecule has 2 aromatic carbocycles. The van der Waals surface area contributed by atoms with Crippen LogP contribution in [0.25, 0.3) is 11.3 Å². The van der Waals surface area contributed by atoms with E-state index in [0.717, 1.165) is 4.57 Å². The minimum Gasteiger partial charge on any atom is -0.494 e. The molecular formula is C22H12ClN5O2S. The first kappa shape index (κ1) is 20.3. The van der Waals surface area contributed by atoms with Crippen LogP contribution in [0.5, 0.6) is 5.88 Å². The lowest BCUT2D eigenvalue weighted by Gasteiger charge is -2.26. The van der Waals surface area contributed by atoms with Crippen LogP contribution in [0.2, 0.25) is 5.02 Å². The third-order valence-corrected chi connectivity index (χ3v) is 5.28. The number of halogens is 1. The summed E-state index contributed by atoms with van der Waals surface area (Å²) < 4.78 is 1.05. The van der Waals surface area contributed by atoms with E-state index in [2.05, 4.69) is 10.3 Å². The van der Waals surface area contributed by atoms with Crippen LogP contribution in [0.3, 0.4) is 0 Å². The van der Waals surface area contributed by atoms with Gasteiger partial charge in [0, 0.05) is 5.02 Å². The molecule has 0 aliphatic carbocycles. The number of pyridine rings is 1. The molecule has 2 heterocycles.